The summed E-state index contributed by atoms with van der Waals surface area (Å²) in [6.45, 7) is 9.94. The third kappa shape index (κ3) is 4.53. The maximum atomic E-state index is 4.71. The van der Waals surface area contributed by atoms with Gasteiger partial charge in [-0.3, -0.25) is 4.90 Å². The van der Waals surface area contributed by atoms with Gasteiger partial charge in [0.05, 0.1) is 5.69 Å². The van der Waals surface area contributed by atoms with Crippen LogP contribution in [0.5, 0.6) is 0 Å². The Labute approximate surface area is 118 Å². The first-order valence-corrected chi connectivity index (χ1v) is 8.68. The van der Waals surface area contributed by atoms with Gasteiger partial charge in [-0.1, -0.05) is 13.8 Å². The van der Waals surface area contributed by atoms with Gasteiger partial charge in [0, 0.05) is 42.6 Å². The molecule has 102 valence electrons. The van der Waals surface area contributed by atoms with E-state index in [0.29, 0.717) is 0 Å². The summed E-state index contributed by atoms with van der Waals surface area (Å²) in [5.41, 5.74) is 1.24. The van der Waals surface area contributed by atoms with Gasteiger partial charge in [0.15, 0.2) is 0 Å². The van der Waals surface area contributed by atoms with Gasteiger partial charge < -0.3 is 5.32 Å². The molecular formula is C13H23N3S2. The summed E-state index contributed by atoms with van der Waals surface area (Å²) in [4.78, 5) is 7.24. The molecule has 0 aliphatic carbocycles. The first-order valence-electron chi connectivity index (χ1n) is 6.76. The standard InChI is InChI=1S/C13H23N3S2/c1-3-4-14-7-13-15-12(10-18-13)9-16-5-6-17-11(2)8-16/h10-11,14H,3-9H2,1-2H3. The van der Waals surface area contributed by atoms with Crippen molar-refractivity contribution in [3.05, 3.63) is 16.1 Å². The van der Waals surface area contributed by atoms with Gasteiger partial charge in [0.2, 0.25) is 0 Å². The topological polar surface area (TPSA) is 28.2 Å². The molecule has 2 heterocycles. The second kappa shape index (κ2) is 7.48. The summed E-state index contributed by atoms with van der Waals surface area (Å²) in [6.07, 6.45) is 1.18. The van der Waals surface area contributed by atoms with Crippen molar-refractivity contribution < 1.29 is 0 Å². The monoisotopic (exact) mass is 285 g/mol. The largest absolute Gasteiger partial charge is 0.310 e. The lowest BCUT2D eigenvalue weighted by atomic mass is 10.3. The third-order valence-corrected chi connectivity index (χ3v) is 5.05. The van der Waals surface area contributed by atoms with E-state index in [1.165, 1.54) is 36.0 Å². The van der Waals surface area contributed by atoms with Crippen molar-refractivity contribution in [1.29, 1.82) is 0 Å². The van der Waals surface area contributed by atoms with Crippen LogP contribution in [0.3, 0.4) is 0 Å². The van der Waals surface area contributed by atoms with E-state index in [9.17, 15) is 0 Å². The van der Waals surface area contributed by atoms with E-state index in [0.717, 1.165) is 24.9 Å². The van der Waals surface area contributed by atoms with Crippen LogP contribution in [0.25, 0.3) is 0 Å². The maximum absolute atomic E-state index is 4.71. The van der Waals surface area contributed by atoms with Crippen LogP contribution < -0.4 is 5.32 Å². The number of hydrogen-bond acceptors (Lipinski definition) is 5. The lowest BCUT2D eigenvalue weighted by molar-refractivity contribution is 0.275. The highest BCUT2D eigenvalue weighted by molar-refractivity contribution is 7.99. The highest BCUT2D eigenvalue weighted by Gasteiger charge is 2.17. The lowest BCUT2D eigenvalue weighted by Crippen LogP contribution is -2.36. The zero-order valence-electron chi connectivity index (χ0n) is 11.3. The fourth-order valence-electron chi connectivity index (χ4n) is 2.14. The van der Waals surface area contributed by atoms with Crippen molar-refractivity contribution in [2.75, 3.05) is 25.4 Å². The molecule has 0 aromatic carbocycles. The molecule has 1 aromatic rings. The van der Waals surface area contributed by atoms with Crippen LogP contribution in [0.2, 0.25) is 0 Å². The predicted molar refractivity (Wildman–Crippen MR) is 81.3 cm³/mol. The van der Waals surface area contributed by atoms with E-state index < -0.39 is 0 Å². The fraction of sp³-hybridized carbons (Fsp3) is 0.769. The van der Waals surface area contributed by atoms with Crippen LogP contribution in [0.1, 0.15) is 31.0 Å². The third-order valence-electron chi connectivity index (χ3n) is 3.01. The molecule has 3 nitrogen and oxygen atoms in total. The molecule has 1 aromatic heterocycles. The smallest absolute Gasteiger partial charge is 0.107 e. The maximum Gasteiger partial charge on any atom is 0.107 e. The Morgan fingerprint density at radius 2 is 2.44 bits per heavy atom. The Kier molecular flexibility index (Phi) is 5.95. The molecule has 1 unspecified atom stereocenters. The molecular weight excluding hydrogens is 262 g/mol. The number of rotatable bonds is 6. The number of thioether (sulfide) groups is 1. The Morgan fingerprint density at radius 1 is 1.56 bits per heavy atom. The van der Waals surface area contributed by atoms with Gasteiger partial charge in [-0.05, 0) is 13.0 Å². The normalized spacial score (nSPS) is 21.3. The quantitative estimate of drug-likeness (QED) is 0.813. The van der Waals surface area contributed by atoms with Gasteiger partial charge in [0.25, 0.3) is 0 Å². The van der Waals surface area contributed by atoms with Crippen molar-refractivity contribution in [1.82, 2.24) is 15.2 Å². The minimum absolute atomic E-state index is 0.767. The second-order valence-corrected chi connectivity index (χ2v) is 7.31. The van der Waals surface area contributed by atoms with Crippen molar-refractivity contribution in [2.24, 2.45) is 0 Å². The Balaban J connectivity index is 1.78. The molecule has 0 saturated carbocycles. The zero-order chi connectivity index (χ0) is 12.8. The van der Waals surface area contributed by atoms with Crippen LogP contribution in [-0.4, -0.2) is 40.5 Å². The molecule has 0 amide bonds. The summed E-state index contributed by atoms with van der Waals surface area (Å²) >= 11 is 3.87. The van der Waals surface area contributed by atoms with E-state index in [-0.39, 0.29) is 0 Å². The average molecular weight is 285 g/mol. The van der Waals surface area contributed by atoms with E-state index in [1.807, 2.05) is 0 Å². The number of thiazole rings is 1. The van der Waals surface area contributed by atoms with Gasteiger partial charge in [-0.2, -0.15) is 11.8 Å². The Bertz CT molecular complexity index is 354. The van der Waals surface area contributed by atoms with E-state index in [2.05, 4.69) is 41.2 Å². The first-order chi connectivity index (χ1) is 8.78. The molecule has 0 radical (unpaired) electrons. The molecule has 0 bridgehead atoms. The van der Waals surface area contributed by atoms with Gasteiger partial charge in [0.1, 0.15) is 5.01 Å². The second-order valence-electron chi connectivity index (χ2n) is 4.83. The van der Waals surface area contributed by atoms with Crippen molar-refractivity contribution >= 4 is 23.1 Å². The number of hydrogen-bond donors (Lipinski definition) is 1. The number of nitrogens with one attached hydrogen (secondary N) is 1. The van der Waals surface area contributed by atoms with Crippen LogP contribution in [0.15, 0.2) is 5.38 Å². The molecule has 2 rings (SSSR count). The summed E-state index contributed by atoms with van der Waals surface area (Å²) in [7, 11) is 0. The Hall–Kier alpha value is -0.100. The van der Waals surface area contributed by atoms with E-state index in [1.54, 1.807) is 11.3 Å². The summed E-state index contributed by atoms with van der Waals surface area (Å²) < 4.78 is 0. The zero-order valence-corrected chi connectivity index (χ0v) is 12.9. The lowest BCUT2D eigenvalue weighted by Gasteiger charge is -2.29. The molecule has 1 aliphatic heterocycles. The van der Waals surface area contributed by atoms with E-state index in [4.69, 9.17) is 4.98 Å². The molecule has 1 fully saturated rings. The average Bonchev–Trinajstić information content (AvgIpc) is 2.77. The number of aromatic nitrogens is 1. The SMILES string of the molecule is CCCNCc1nc(CN2CCSC(C)C2)cs1. The molecule has 0 spiro atoms. The molecule has 5 heteroatoms. The van der Waals surface area contributed by atoms with Crippen molar-refractivity contribution in [2.45, 2.75) is 38.6 Å². The van der Waals surface area contributed by atoms with Gasteiger partial charge in [-0.25, -0.2) is 4.98 Å². The summed E-state index contributed by atoms with van der Waals surface area (Å²) in [5.74, 6) is 1.26. The molecule has 1 N–H and O–H groups in total. The predicted octanol–water partition coefficient (Wildman–Crippen LogP) is 2.58. The molecule has 1 atom stereocenters. The van der Waals surface area contributed by atoms with Crippen LogP contribution in [0.4, 0.5) is 0 Å². The van der Waals surface area contributed by atoms with Gasteiger partial charge in [-0.15, -0.1) is 11.3 Å². The van der Waals surface area contributed by atoms with Gasteiger partial charge >= 0.3 is 0 Å². The highest BCUT2D eigenvalue weighted by atomic mass is 32.2. The van der Waals surface area contributed by atoms with Crippen LogP contribution in [0, 0.1) is 0 Å². The molecule has 1 aliphatic rings. The number of nitrogens with zero attached hydrogens (tertiary/aromatic N) is 2. The minimum atomic E-state index is 0.767. The molecule has 1 saturated heterocycles. The van der Waals surface area contributed by atoms with Crippen LogP contribution >= 0.6 is 23.1 Å². The van der Waals surface area contributed by atoms with Crippen molar-refractivity contribution in [3.8, 4) is 0 Å². The summed E-state index contributed by atoms with van der Waals surface area (Å²) in [6, 6.07) is 0. The Morgan fingerprint density at radius 3 is 3.22 bits per heavy atom. The summed E-state index contributed by atoms with van der Waals surface area (Å²) in [5, 5.41) is 7.61. The first kappa shape index (κ1) is 14.3. The van der Waals surface area contributed by atoms with Crippen molar-refractivity contribution in [3.63, 3.8) is 0 Å². The molecule has 18 heavy (non-hydrogen) atoms. The fourth-order valence-corrected chi connectivity index (χ4v) is 3.98. The van der Waals surface area contributed by atoms with Crippen LogP contribution in [-0.2, 0) is 13.1 Å². The minimum Gasteiger partial charge on any atom is -0.310 e. The van der Waals surface area contributed by atoms with E-state index >= 15 is 0 Å². The highest BCUT2D eigenvalue weighted by Crippen LogP contribution is 2.20.